The molecule has 10 heteroatoms. The van der Waals surface area contributed by atoms with E-state index in [9.17, 15) is 19.0 Å². The van der Waals surface area contributed by atoms with Crippen LogP contribution in [0, 0.1) is 0 Å². The van der Waals surface area contributed by atoms with E-state index in [4.69, 9.17) is 13.8 Å². The van der Waals surface area contributed by atoms with Crippen LogP contribution < -0.4 is 5.32 Å². The van der Waals surface area contributed by atoms with E-state index in [0.29, 0.717) is 23.9 Å². The van der Waals surface area contributed by atoms with Crippen LogP contribution in [0.1, 0.15) is 233 Å². The zero-order chi connectivity index (χ0) is 55.7. The Kier molecular flexibility index (Phi) is 52.2. The van der Waals surface area contributed by atoms with Crippen molar-refractivity contribution < 1.29 is 37.3 Å². The van der Waals surface area contributed by atoms with Gasteiger partial charge in [-0.1, -0.05) is 233 Å². The van der Waals surface area contributed by atoms with Crippen molar-refractivity contribution in [1.82, 2.24) is 5.32 Å². The van der Waals surface area contributed by atoms with E-state index in [1.165, 1.54) is 77.0 Å². The van der Waals surface area contributed by atoms with Gasteiger partial charge in [-0.25, -0.2) is 4.57 Å². The third-order valence-corrected chi connectivity index (χ3v) is 13.6. The van der Waals surface area contributed by atoms with Gasteiger partial charge in [0, 0.05) is 12.8 Å². The zero-order valence-corrected chi connectivity index (χ0v) is 50.3. The summed E-state index contributed by atoms with van der Waals surface area (Å²) in [6, 6.07) is -0.902. The van der Waals surface area contributed by atoms with Gasteiger partial charge in [-0.3, -0.25) is 18.6 Å². The lowest BCUT2D eigenvalue weighted by atomic mass is 10.1. The number of phosphoric ester groups is 1. The van der Waals surface area contributed by atoms with Crippen molar-refractivity contribution in [3.8, 4) is 0 Å². The number of likely N-dealkylation sites (N-methyl/N-ethyl adjacent to an activating group) is 1. The molecule has 9 nitrogen and oxygen atoms in total. The number of carbonyl (C=O) groups is 2. The van der Waals surface area contributed by atoms with E-state index in [0.717, 1.165) is 109 Å². The van der Waals surface area contributed by atoms with Crippen LogP contribution >= 0.6 is 7.82 Å². The molecular formula is C66H114N2O7P+. The van der Waals surface area contributed by atoms with Gasteiger partial charge < -0.3 is 19.4 Å². The molecule has 3 atom stereocenters. The van der Waals surface area contributed by atoms with E-state index >= 15 is 0 Å². The normalized spacial score (nSPS) is 14.6. The molecular weight excluding hydrogens is 964 g/mol. The molecule has 0 aromatic heterocycles. The van der Waals surface area contributed by atoms with Crippen molar-refractivity contribution in [2.75, 3.05) is 40.9 Å². The van der Waals surface area contributed by atoms with Gasteiger partial charge in [-0.05, 0) is 109 Å². The largest absolute Gasteiger partial charge is 0.472 e. The highest BCUT2D eigenvalue weighted by atomic mass is 31.2. The van der Waals surface area contributed by atoms with Gasteiger partial charge in [0.2, 0.25) is 5.91 Å². The average Bonchev–Trinajstić information content (AvgIpc) is 3.38. The van der Waals surface area contributed by atoms with Crippen LogP contribution in [0.25, 0.3) is 0 Å². The number of quaternary nitrogens is 1. The molecule has 0 aliphatic rings. The van der Waals surface area contributed by atoms with Crippen LogP contribution in [0.15, 0.2) is 122 Å². The average molecular weight is 1080 g/mol. The molecule has 3 unspecified atom stereocenters. The molecule has 2 N–H and O–H groups in total. The number of ether oxygens (including phenoxy) is 1. The molecule has 76 heavy (non-hydrogen) atoms. The molecule has 0 aromatic carbocycles. The minimum atomic E-state index is -4.48. The van der Waals surface area contributed by atoms with Crippen LogP contribution in [-0.2, 0) is 27.9 Å². The highest BCUT2D eigenvalue weighted by Gasteiger charge is 2.30. The number of rotatable bonds is 53. The maximum atomic E-state index is 13.5. The lowest BCUT2D eigenvalue weighted by Crippen LogP contribution is -2.47. The molecule has 0 aliphatic heterocycles. The third-order valence-electron chi connectivity index (χ3n) is 12.6. The van der Waals surface area contributed by atoms with Gasteiger partial charge in [0.05, 0.1) is 33.8 Å². The Morgan fingerprint density at radius 1 is 0.474 bits per heavy atom. The predicted octanol–water partition coefficient (Wildman–Crippen LogP) is 18.7. The van der Waals surface area contributed by atoms with E-state index in [2.05, 4.69) is 123 Å². The molecule has 0 rings (SSSR count). The van der Waals surface area contributed by atoms with Crippen molar-refractivity contribution >= 4 is 19.7 Å². The summed E-state index contributed by atoms with van der Waals surface area (Å²) >= 11 is 0. The Hall–Kier alpha value is -3.59. The SMILES string of the molecule is CC/C=C\C/C=C\C/C=C\C/C=C\C/C=C\C/C=C\CCC(=O)NC(COP(=O)(O)OCC[N+](C)(C)C)C(/C=C/CCCCCCCCCCCC)OC(=O)CCCCCCCC/C=C\C/C=C\C/C=C\CCCCC. The zero-order valence-electron chi connectivity index (χ0n) is 49.4. The maximum Gasteiger partial charge on any atom is 0.472 e. The number of phosphoric acid groups is 1. The highest BCUT2D eigenvalue weighted by molar-refractivity contribution is 7.47. The van der Waals surface area contributed by atoms with Crippen molar-refractivity contribution in [2.24, 2.45) is 0 Å². The number of hydrogen-bond donors (Lipinski definition) is 2. The van der Waals surface area contributed by atoms with Crippen LogP contribution in [-0.4, -0.2) is 74.3 Å². The van der Waals surface area contributed by atoms with Crippen LogP contribution in [0.4, 0.5) is 0 Å². The van der Waals surface area contributed by atoms with Gasteiger partial charge in [0.25, 0.3) is 0 Å². The van der Waals surface area contributed by atoms with Gasteiger partial charge in [0.1, 0.15) is 19.3 Å². The van der Waals surface area contributed by atoms with Gasteiger partial charge in [-0.2, -0.15) is 0 Å². The molecule has 0 radical (unpaired) electrons. The Labute approximate surface area is 467 Å². The molecule has 0 spiro atoms. The van der Waals surface area contributed by atoms with Crippen LogP contribution in [0.2, 0.25) is 0 Å². The monoisotopic (exact) mass is 1080 g/mol. The second kappa shape index (κ2) is 54.8. The van der Waals surface area contributed by atoms with Gasteiger partial charge >= 0.3 is 13.8 Å². The summed E-state index contributed by atoms with van der Waals surface area (Å²) in [5, 5.41) is 3.00. The predicted molar refractivity (Wildman–Crippen MR) is 327 cm³/mol. The van der Waals surface area contributed by atoms with Crippen molar-refractivity contribution in [2.45, 2.75) is 245 Å². The smallest absolute Gasteiger partial charge is 0.456 e. The number of unbranched alkanes of at least 4 members (excludes halogenated alkanes) is 19. The topological polar surface area (TPSA) is 111 Å². The Bertz CT molecular complexity index is 1720. The molecule has 0 saturated heterocycles. The number of nitrogens with one attached hydrogen (secondary N) is 1. The number of carbonyl (C=O) groups excluding carboxylic acids is 2. The second-order valence-electron chi connectivity index (χ2n) is 21.1. The minimum Gasteiger partial charge on any atom is -0.456 e. The summed E-state index contributed by atoms with van der Waals surface area (Å²) in [7, 11) is 1.42. The van der Waals surface area contributed by atoms with Crippen molar-refractivity contribution in [1.29, 1.82) is 0 Å². The Morgan fingerprint density at radius 2 is 0.855 bits per heavy atom. The maximum absolute atomic E-state index is 13.5. The summed E-state index contributed by atoms with van der Waals surface area (Å²) in [5.74, 6) is -0.626. The number of nitrogens with zero attached hydrogens (tertiary/aromatic N) is 1. The first-order chi connectivity index (χ1) is 36.9. The van der Waals surface area contributed by atoms with E-state index in [1.807, 2.05) is 45.4 Å². The quantitative estimate of drug-likeness (QED) is 0.0205. The van der Waals surface area contributed by atoms with Crippen molar-refractivity contribution in [3.05, 3.63) is 122 Å². The van der Waals surface area contributed by atoms with Crippen LogP contribution in [0.5, 0.6) is 0 Å². The minimum absolute atomic E-state index is 0.0179. The molecule has 0 aliphatic carbocycles. The number of hydrogen-bond acceptors (Lipinski definition) is 6. The fourth-order valence-corrected chi connectivity index (χ4v) is 8.70. The number of allylic oxidation sites excluding steroid dienone is 19. The molecule has 0 heterocycles. The number of esters is 1. The lowest BCUT2D eigenvalue weighted by molar-refractivity contribution is -0.870. The fraction of sp³-hybridized carbons (Fsp3) is 0.667. The fourth-order valence-electron chi connectivity index (χ4n) is 7.97. The summed E-state index contributed by atoms with van der Waals surface area (Å²) in [5.41, 5.74) is 0. The summed E-state index contributed by atoms with van der Waals surface area (Å²) in [4.78, 5) is 37.6. The second-order valence-corrected chi connectivity index (χ2v) is 22.6. The molecule has 0 bridgehead atoms. The first-order valence-corrected chi connectivity index (χ1v) is 31.9. The van der Waals surface area contributed by atoms with Gasteiger partial charge in [0.15, 0.2) is 0 Å². The molecule has 0 fully saturated rings. The first-order valence-electron chi connectivity index (χ1n) is 30.4. The molecule has 0 aromatic rings. The van der Waals surface area contributed by atoms with E-state index < -0.39 is 20.0 Å². The summed E-state index contributed by atoms with van der Waals surface area (Å²) in [6.07, 6.45) is 76.4. The van der Waals surface area contributed by atoms with Crippen LogP contribution in [0.3, 0.4) is 0 Å². The molecule has 434 valence electrons. The van der Waals surface area contributed by atoms with Gasteiger partial charge in [-0.15, -0.1) is 0 Å². The number of amides is 1. The Morgan fingerprint density at radius 3 is 1.32 bits per heavy atom. The summed E-state index contributed by atoms with van der Waals surface area (Å²) in [6.45, 7) is 6.78. The standard InChI is InChI=1S/C66H113N2O7P/c1-7-10-13-16-19-22-25-28-30-32-34-36-38-40-43-46-49-52-55-58-65(69)67-63(62-74-76(71,72)73-61-60-68(4,5)6)64(57-54-51-48-45-42-27-24-21-18-15-12-9-3)75-66(70)59-56-53-50-47-44-41-39-37-35-33-31-29-26-23-20-17-14-11-8-2/h10,13,19-20,22-23,28-31,34-37,40,43,49,52,54,57,63-64H,7-9,11-12,14-18,21,24-27,32-33,38-39,41-42,44-48,50-51,53,55-56,58-62H2,1-6H3,(H-,67,69,71,72)/p+1/b13-10-,22-19-,23-20-,30-28-,31-29-,36-34-,37-35-,43-40-,52-49-,57-54+. The lowest BCUT2D eigenvalue weighted by Gasteiger charge is -2.27. The third kappa shape index (κ3) is 55.2. The van der Waals surface area contributed by atoms with E-state index in [-0.39, 0.29) is 37.9 Å². The highest BCUT2D eigenvalue weighted by Crippen LogP contribution is 2.43. The summed E-state index contributed by atoms with van der Waals surface area (Å²) < 4.78 is 30.6. The van der Waals surface area contributed by atoms with E-state index in [1.54, 1.807) is 0 Å². The first kappa shape index (κ1) is 72.4. The molecule has 0 saturated carbocycles. The molecule has 1 amide bonds. The van der Waals surface area contributed by atoms with Crippen molar-refractivity contribution in [3.63, 3.8) is 0 Å². The Balaban J connectivity index is 5.44.